The van der Waals surface area contributed by atoms with Crippen molar-refractivity contribution in [2.24, 2.45) is 5.92 Å². The fourth-order valence-corrected chi connectivity index (χ4v) is 1.18. The van der Waals surface area contributed by atoms with Gasteiger partial charge in [-0.25, -0.2) is 4.79 Å². The summed E-state index contributed by atoms with van der Waals surface area (Å²) in [6, 6.07) is 1.74. The topological polar surface area (TPSA) is 76.4 Å². The van der Waals surface area contributed by atoms with Crippen LogP contribution < -0.4 is 0 Å². The molecule has 0 N–H and O–H groups in total. The summed E-state index contributed by atoms with van der Waals surface area (Å²) < 4.78 is 9.52. The summed E-state index contributed by atoms with van der Waals surface area (Å²) in [6.07, 6.45) is 0.281. The van der Waals surface area contributed by atoms with E-state index in [1.54, 1.807) is 19.9 Å². The van der Waals surface area contributed by atoms with Gasteiger partial charge in [-0.3, -0.25) is 4.79 Å². The smallest absolute Gasteiger partial charge is 0.338 e. The molecule has 0 fully saturated rings. The fourth-order valence-electron chi connectivity index (χ4n) is 1.18. The van der Waals surface area contributed by atoms with Crippen LogP contribution in [0.25, 0.3) is 0 Å². The third kappa shape index (κ3) is 4.13. The molecule has 0 saturated carbocycles. The van der Waals surface area contributed by atoms with Gasteiger partial charge in [0.1, 0.15) is 6.10 Å². The van der Waals surface area contributed by atoms with Crippen molar-refractivity contribution in [2.45, 2.75) is 26.9 Å². The van der Waals surface area contributed by atoms with Crippen molar-refractivity contribution in [3.63, 3.8) is 0 Å². The van der Waals surface area contributed by atoms with E-state index in [-0.39, 0.29) is 11.5 Å². The van der Waals surface area contributed by atoms with Crippen LogP contribution in [0.15, 0.2) is 11.6 Å². The molecule has 1 unspecified atom stereocenters. The van der Waals surface area contributed by atoms with Gasteiger partial charge in [-0.15, -0.1) is 0 Å². The quantitative estimate of drug-likeness (QED) is 0.408. The number of ether oxygens (including phenoxy) is 2. The van der Waals surface area contributed by atoms with Crippen LogP contribution in [0.2, 0.25) is 0 Å². The van der Waals surface area contributed by atoms with E-state index in [4.69, 9.17) is 10.00 Å². The SMILES string of the molecule is COC(=O)/C(=C\C#N)C(OC(C)=O)C(C)C. The molecule has 16 heavy (non-hydrogen) atoms. The Kier molecular flexibility index (Phi) is 5.86. The van der Waals surface area contributed by atoms with Crippen LogP contribution in [-0.2, 0) is 19.1 Å². The van der Waals surface area contributed by atoms with Crippen LogP contribution in [0.5, 0.6) is 0 Å². The van der Waals surface area contributed by atoms with Crippen LogP contribution in [-0.4, -0.2) is 25.2 Å². The van der Waals surface area contributed by atoms with Crippen molar-refractivity contribution in [3.05, 3.63) is 11.6 Å². The van der Waals surface area contributed by atoms with Gasteiger partial charge in [0.25, 0.3) is 0 Å². The van der Waals surface area contributed by atoms with Gasteiger partial charge in [-0.1, -0.05) is 13.8 Å². The van der Waals surface area contributed by atoms with Crippen LogP contribution in [0, 0.1) is 17.2 Å². The number of carbonyl (C=O) groups excluding carboxylic acids is 2. The third-order valence-electron chi connectivity index (χ3n) is 1.85. The minimum atomic E-state index is -0.760. The molecule has 0 spiro atoms. The van der Waals surface area contributed by atoms with Crippen LogP contribution in [0.4, 0.5) is 0 Å². The van der Waals surface area contributed by atoms with Crippen LogP contribution in [0.3, 0.4) is 0 Å². The fraction of sp³-hybridized carbons (Fsp3) is 0.545. The molecule has 0 amide bonds. The average Bonchev–Trinajstić information content (AvgIpc) is 2.21. The minimum absolute atomic E-state index is 0.0511. The largest absolute Gasteiger partial charge is 0.466 e. The number of nitriles is 1. The summed E-state index contributed by atoms with van der Waals surface area (Å²) in [6.45, 7) is 4.81. The van der Waals surface area contributed by atoms with E-state index in [2.05, 4.69) is 4.74 Å². The Bertz CT molecular complexity index is 338. The normalized spacial score (nSPS) is 12.9. The van der Waals surface area contributed by atoms with Gasteiger partial charge in [0, 0.05) is 13.0 Å². The lowest BCUT2D eigenvalue weighted by Gasteiger charge is -2.21. The summed E-state index contributed by atoms with van der Waals surface area (Å²) in [5.41, 5.74) is 0.0511. The second-order valence-electron chi connectivity index (χ2n) is 3.49. The predicted molar refractivity (Wildman–Crippen MR) is 56.1 cm³/mol. The summed E-state index contributed by atoms with van der Waals surface area (Å²) in [7, 11) is 1.21. The molecular weight excluding hydrogens is 210 g/mol. The molecule has 0 aromatic carbocycles. The molecule has 0 aliphatic rings. The molecule has 0 aromatic heterocycles. The van der Waals surface area contributed by atoms with Gasteiger partial charge in [-0.05, 0) is 5.92 Å². The molecule has 1 atom stereocenters. The Morgan fingerprint density at radius 1 is 1.38 bits per heavy atom. The molecule has 0 rings (SSSR count). The number of methoxy groups -OCH3 is 1. The summed E-state index contributed by atoms with van der Waals surface area (Å²) >= 11 is 0. The lowest BCUT2D eigenvalue weighted by Crippen LogP contribution is -2.29. The standard InChI is InChI=1S/C11H15NO4/c1-7(2)10(16-8(3)13)9(5-6-12)11(14)15-4/h5,7,10H,1-4H3/b9-5-. The van der Waals surface area contributed by atoms with E-state index in [0.717, 1.165) is 6.08 Å². The summed E-state index contributed by atoms with van der Waals surface area (Å²) in [5, 5.41) is 8.57. The van der Waals surface area contributed by atoms with Gasteiger partial charge in [-0.2, -0.15) is 5.26 Å². The predicted octanol–water partition coefficient (Wildman–Crippen LogP) is 1.20. The van der Waals surface area contributed by atoms with E-state index in [0.29, 0.717) is 0 Å². The van der Waals surface area contributed by atoms with Crippen LogP contribution >= 0.6 is 0 Å². The van der Waals surface area contributed by atoms with Gasteiger partial charge >= 0.3 is 11.9 Å². The molecular formula is C11H15NO4. The number of nitrogens with zero attached hydrogens (tertiary/aromatic N) is 1. The van der Waals surface area contributed by atoms with Crippen molar-refractivity contribution < 1.29 is 19.1 Å². The van der Waals surface area contributed by atoms with E-state index in [1.165, 1.54) is 14.0 Å². The molecule has 0 aliphatic heterocycles. The molecule has 0 heterocycles. The summed E-state index contributed by atoms with van der Waals surface area (Å²) in [4.78, 5) is 22.3. The lowest BCUT2D eigenvalue weighted by atomic mass is 9.98. The van der Waals surface area contributed by atoms with E-state index >= 15 is 0 Å². The van der Waals surface area contributed by atoms with E-state index < -0.39 is 18.0 Å². The Labute approximate surface area is 94.6 Å². The maximum atomic E-state index is 11.4. The summed E-state index contributed by atoms with van der Waals surface area (Å²) in [5.74, 6) is -1.30. The van der Waals surface area contributed by atoms with E-state index in [1.807, 2.05) is 0 Å². The molecule has 5 heteroatoms. The van der Waals surface area contributed by atoms with Gasteiger partial charge in [0.2, 0.25) is 0 Å². The number of carbonyl (C=O) groups is 2. The second kappa shape index (κ2) is 6.62. The Morgan fingerprint density at radius 3 is 2.25 bits per heavy atom. The van der Waals surface area contributed by atoms with Gasteiger partial charge < -0.3 is 9.47 Å². The number of hydrogen-bond acceptors (Lipinski definition) is 5. The van der Waals surface area contributed by atoms with Gasteiger partial charge in [0.05, 0.1) is 18.8 Å². The lowest BCUT2D eigenvalue weighted by molar-refractivity contribution is -0.148. The monoisotopic (exact) mass is 225 g/mol. The third-order valence-corrected chi connectivity index (χ3v) is 1.85. The number of esters is 2. The molecule has 0 aliphatic carbocycles. The minimum Gasteiger partial charge on any atom is -0.466 e. The van der Waals surface area contributed by atoms with Crippen molar-refractivity contribution in [3.8, 4) is 6.07 Å². The van der Waals surface area contributed by atoms with Crippen molar-refractivity contribution in [2.75, 3.05) is 7.11 Å². The zero-order valence-electron chi connectivity index (χ0n) is 9.81. The molecule has 0 saturated heterocycles. The zero-order chi connectivity index (χ0) is 12.7. The Balaban J connectivity index is 5.13. The van der Waals surface area contributed by atoms with Crippen molar-refractivity contribution in [1.29, 1.82) is 5.26 Å². The van der Waals surface area contributed by atoms with Gasteiger partial charge in [0.15, 0.2) is 0 Å². The first kappa shape index (κ1) is 14.2. The molecule has 5 nitrogen and oxygen atoms in total. The molecule has 0 aromatic rings. The maximum absolute atomic E-state index is 11.4. The Morgan fingerprint density at radius 2 is 1.94 bits per heavy atom. The highest BCUT2D eigenvalue weighted by molar-refractivity contribution is 5.90. The first-order valence-corrected chi connectivity index (χ1v) is 4.79. The van der Waals surface area contributed by atoms with Crippen molar-refractivity contribution >= 4 is 11.9 Å². The molecule has 88 valence electrons. The molecule has 0 bridgehead atoms. The highest BCUT2D eigenvalue weighted by atomic mass is 16.6. The zero-order valence-corrected chi connectivity index (χ0v) is 9.81. The second-order valence-corrected chi connectivity index (χ2v) is 3.49. The number of rotatable bonds is 4. The van der Waals surface area contributed by atoms with Crippen molar-refractivity contribution in [1.82, 2.24) is 0 Å². The highest BCUT2D eigenvalue weighted by Crippen LogP contribution is 2.17. The molecule has 0 radical (unpaired) electrons. The van der Waals surface area contributed by atoms with E-state index in [9.17, 15) is 9.59 Å². The first-order valence-electron chi connectivity index (χ1n) is 4.79. The maximum Gasteiger partial charge on any atom is 0.338 e. The highest BCUT2D eigenvalue weighted by Gasteiger charge is 2.27. The first-order chi connectivity index (χ1) is 7.43. The Hall–Kier alpha value is -1.83. The number of hydrogen-bond donors (Lipinski definition) is 0. The number of allylic oxidation sites excluding steroid dienone is 1. The van der Waals surface area contributed by atoms with Crippen LogP contribution in [0.1, 0.15) is 20.8 Å². The average molecular weight is 225 g/mol.